The van der Waals surface area contributed by atoms with Crippen molar-refractivity contribution in [2.24, 2.45) is 5.92 Å². The van der Waals surface area contributed by atoms with Crippen LogP contribution in [0.3, 0.4) is 0 Å². The average molecular weight is 499 g/mol. The first-order valence-corrected chi connectivity index (χ1v) is 11.6. The summed E-state index contributed by atoms with van der Waals surface area (Å²) in [5, 5.41) is 12.8. The molecule has 1 atom stereocenters. The molecule has 8 nitrogen and oxygen atoms in total. The second-order valence-electron chi connectivity index (χ2n) is 8.33. The largest absolute Gasteiger partial charge is 0.481 e. The van der Waals surface area contributed by atoms with Gasteiger partial charge >= 0.3 is 12.1 Å². The fourth-order valence-corrected chi connectivity index (χ4v) is 5.18. The Hall–Kier alpha value is -3.86. The van der Waals surface area contributed by atoms with Crippen molar-refractivity contribution in [1.82, 2.24) is 9.88 Å². The molecule has 35 heavy (non-hydrogen) atoms. The van der Waals surface area contributed by atoms with Gasteiger partial charge in [0.15, 0.2) is 5.13 Å². The smallest absolute Gasteiger partial charge is 0.413 e. The molecular formula is C24H19F2N3O5S. The van der Waals surface area contributed by atoms with Gasteiger partial charge < -0.3 is 14.7 Å². The molecule has 1 fully saturated rings. The highest BCUT2D eigenvalue weighted by Gasteiger charge is 2.53. The lowest BCUT2D eigenvalue weighted by atomic mass is 9.98. The first-order chi connectivity index (χ1) is 16.7. The highest BCUT2D eigenvalue weighted by atomic mass is 32.1. The van der Waals surface area contributed by atoms with Gasteiger partial charge in [-0.25, -0.2) is 18.6 Å². The summed E-state index contributed by atoms with van der Waals surface area (Å²) < 4.78 is 33.2. The van der Waals surface area contributed by atoms with Crippen molar-refractivity contribution in [2.75, 3.05) is 25.0 Å². The topological polar surface area (TPSA) is 109 Å². The van der Waals surface area contributed by atoms with E-state index in [2.05, 4.69) is 10.3 Å². The number of aromatic nitrogens is 1. The summed E-state index contributed by atoms with van der Waals surface area (Å²) in [5.41, 5.74) is 4.15. The number of aliphatic carboxylic acids is 1. The SMILES string of the molecule is O=C(Nc1nc(C(=O)N2CC(C(=O)O)C(F)(F)C2)cs1)OCC1c2ccccc2-c2ccccc21. The van der Waals surface area contributed by atoms with E-state index < -0.39 is 42.9 Å². The van der Waals surface area contributed by atoms with Crippen LogP contribution < -0.4 is 5.32 Å². The normalized spacial score (nSPS) is 18.1. The number of nitrogens with one attached hydrogen (secondary N) is 1. The van der Waals surface area contributed by atoms with Crippen molar-refractivity contribution < 1.29 is 33.0 Å². The van der Waals surface area contributed by atoms with Crippen LogP contribution in [-0.2, 0) is 9.53 Å². The zero-order valence-corrected chi connectivity index (χ0v) is 18.9. The van der Waals surface area contributed by atoms with E-state index in [4.69, 9.17) is 9.84 Å². The number of ether oxygens (including phenoxy) is 1. The number of rotatable bonds is 5. The number of hydrogen-bond donors (Lipinski definition) is 2. The Bertz CT molecular complexity index is 1280. The summed E-state index contributed by atoms with van der Waals surface area (Å²) in [4.78, 5) is 40.7. The third kappa shape index (κ3) is 4.23. The minimum atomic E-state index is -3.53. The highest BCUT2D eigenvalue weighted by molar-refractivity contribution is 7.14. The van der Waals surface area contributed by atoms with Crippen molar-refractivity contribution in [3.63, 3.8) is 0 Å². The number of carbonyl (C=O) groups is 3. The fraction of sp³-hybridized carbons (Fsp3) is 0.250. The molecule has 0 bridgehead atoms. The molecule has 1 aliphatic heterocycles. The third-order valence-electron chi connectivity index (χ3n) is 6.18. The maximum absolute atomic E-state index is 13.9. The van der Waals surface area contributed by atoms with Gasteiger partial charge in [0.05, 0.1) is 6.54 Å². The van der Waals surface area contributed by atoms with Crippen LogP contribution in [0.5, 0.6) is 0 Å². The van der Waals surface area contributed by atoms with Crippen LogP contribution in [0.25, 0.3) is 11.1 Å². The van der Waals surface area contributed by atoms with Crippen LogP contribution in [0.15, 0.2) is 53.9 Å². The zero-order valence-electron chi connectivity index (χ0n) is 18.1. The molecule has 2 heterocycles. The monoisotopic (exact) mass is 499 g/mol. The summed E-state index contributed by atoms with van der Waals surface area (Å²) >= 11 is 0.933. The number of hydrogen-bond acceptors (Lipinski definition) is 6. The molecule has 2 N–H and O–H groups in total. The average Bonchev–Trinajstić information content (AvgIpc) is 3.51. The van der Waals surface area contributed by atoms with Gasteiger partial charge in [0.2, 0.25) is 0 Å². The van der Waals surface area contributed by atoms with Crippen LogP contribution in [-0.4, -0.2) is 58.6 Å². The number of fused-ring (bicyclic) bond motifs is 3. The van der Waals surface area contributed by atoms with E-state index >= 15 is 0 Å². The number of benzene rings is 2. The lowest BCUT2D eigenvalue weighted by Crippen LogP contribution is -2.33. The number of carboxylic acid groups (broad SMARTS) is 1. The molecule has 5 rings (SSSR count). The highest BCUT2D eigenvalue weighted by Crippen LogP contribution is 2.44. The Morgan fingerprint density at radius 1 is 1.11 bits per heavy atom. The van der Waals surface area contributed by atoms with Crippen LogP contribution in [0.2, 0.25) is 0 Å². The molecule has 1 aromatic heterocycles. The van der Waals surface area contributed by atoms with E-state index in [1.165, 1.54) is 5.38 Å². The lowest BCUT2D eigenvalue weighted by Gasteiger charge is -2.14. The number of alkyl halides is 2. The first-order valence-electron chi connectivity index (χ1n) is 10.7. The Kier molecular flexibility index (Phi) is 5.72. The number of thiazole rings is 1. The fourth-order valence-electron chi connectivity index (χ4n) is 4.51. The van der Waals surface area contributed by atoms with Gasteiger partial charge in [-0.15, -0.1) is 11.3 Å². The van der Waals surface area contributed by atoms with Crippen molar-refractivity contribution >= 4 is 34.4 Å². The maximum Gasteiger partial charge on any atom is 0.413 e. The number of nitrogens with zero attached hydrogens (tertiary/aromatic N) is 2. The van der Waals surface area contributed by atoms with E-state index in [9.17, 15) is 23.2 Å². The molecule has 1 saturated heterocycles. The third-order valence-corrected chi connectivity index (χ3v) is 6.93. The molecule has 3 aromatic rings. The molecule has 0 radical (unpaired) electrons. The predicted octanol–water partition coefficient (Wildman–Crippen LogP) is 4.30. The van der Waals surface area contributed by atoms with Gasteiger partial charge in [0, 0.05) is 17.8 Å². The molecule has 1 unspecified atom stereocenters. The summed E-state index contributed by atoms with van der Waals surface area (Å²) in [7, 11) is 0. The molecule has 0 spiro atoms. The van der Waals surface area contributed by atoms with Gasteiger partial charge in [-0.05, 0) is 22.3 Å². The van der Waals surface area contributed by atoms with Crippen molar-refractivity contribution in [2.45, 2.75) is 11.8 Å². The van der Waals surface area contributed by atoms with Crippen LogP contribution in [0.1, 0.15) is 27.5 Å². The van der Waals surface area contributed by atoms with Crippen LogP contribution in [0, 0.1) is 5.92 Å². The van der Waals surface area contributed by atoms with Crippen molar-refractivity contribution in [3.05, 3.63) is 70.7 Å². The summed E-state index contributed by atoms with van der Waals surface area (Å²) in [6.07, 6.45) is -0.765. The molecule has 11 heteroatoms. The number of carboxylic acids is 1. The molecule has 1 aliphatic carbocycles. The van der Waals surface area contributed by atoms with Gasteiger partial charge in [0.25, 0.3) is 11.8 Å². The van der Waals surface area contributed by atoms with Gasteiger partial charge in [-0.1, -0.05) is 48.5 Å². The summed E-state index contributed by atoms with van der Waals surface area (Å²) in [6.45, 7) is -1.53. The van der Waals surface area contributed by atoms with E-state index in [0.717, 1.165) is 38.5 Å². The molecule has 2 amide bonds. The number of likely N-dealkylation sites (tertiary alicyclic amines) is 1. The Balaban J connectivity index is 1.21. The predicted molar refractivity (Wildman–Crippen MR) is 123 cm³/mol. The molecule has 180 valence electrons. The first kappa shape index (κ1) is 22.9. The quantitative estimate of drug-likeness (QED) is 0.542. The molecule has 2 aromatic carbocycles. The molecular weight excluding hydrogens is 480 g/mol. The minimum Gasteiger partial charge on any atom is -0.481 e. The number of halogens is 2. The maximum atomic E-state index is 13.9. The van der Waals surface area contributed by atoms with Crippen LogP contribution >= 0.6 is 11.3 Å². The standard InChI is InChI=1S/C24H19F2N3O5S/c25-24(26)12-29(9-18(24)21(31)32)20(30)19-11-35-22(27-19)28-23(33)34-10-17-15-7-3-1-5-13(15)14-6-2-4-8-16(14)17/h1-8,11,17-18H,9-10,12H2,(H,31,32)(H,27,28,33). The van der Waals surface area contributed by atoms with E-state index in [1.54, 1.807) is 0 Å². The molecule has 2 aliphatic rings. The number of amides is 2. The second-order valence-corrected chi connectivity index (χ2v) is 9.18. The van der Waals surface area contributed by atoms with Gasteiger partial charge in [0.1, 0.15) is 18.2 Å². The zero-order chi connectivity index (χ0) is 24.7. The number of anilines is 1. The summed E-state index contributed by atoms with van der Waals surface area (Å²) in [5.74, 6) is -8.12. The van der Waals surface area contributed by atoms with Crippen molar-refractivity contribution in [3.8, 4) is 11.1 Å². The van der Waals surface area contributed by atoms with Gasteiger partial charge in [-0.2, -0.15) is 0 Å². The Morgan fingerprint density at radius 3 is 2.34 bits per heavy atom. The Labute approximate surface area is 202 Å². The Morgan fingerprint density at radius 2 is 1.74 bits per heavy atom. The van der Waals surface area contributed by atoms with E-state index in [-0.39, 0.29) is 23.4 Å². The summed E-state index contributed by atoms with van der Waals surface area (Å²) in [6, 6.07) is 15.8. The molecule has 0 saturated carbocycles. The van der Waals surface area contributed by atoms with Crippen LogP contribution in [0.4, 0.5) is 18.7 Å². The van der Waals surface area contributed by atoms with Gasteiger partial charge in [-0.3, -0.25) is 14.9 Å². The van der Waals surface area contributed by atoms with E-state index in [0.29, 0.717) is 0 Å². The number of carbonyl (C=O) groups excluding carboxylic acids is 2. The van der Waals surface area contributed by atoms with E-state index in [1.807, 2.05) is 48.5 Å². The lowest BCUT2D eigenvalue weighted by molar-refractivity contribution is -0.151. The minimum absolute atomic E-state index is 0.0614. The second kappa shape index (κ2) is 8.73. The van der Waals surface area contributed by atoms with Crippen molar-refractivity contribution in [1.29, 1.82) is 0 Å².